The highest BCUT2D eigenvalue weighted by atomic mass is 35.5. The third-order valence-corrected chi connectivity index (χ3v) is 7.79. The van der Waals surface area contributed by atoms with E-state index < -0.39 is 52.0 Å². The van der Waals surface area contributed by atoms with E-state index in [0.29, 0.717) is 22.4 Å². The van der Waals surface area contributed by atoms with Crippen LogP contribution >= 0.6 is 11.6 Å². The van der Waals surface area contributed by atoms with Gasteiger partial charge in [-0.05, 0) is 53.6 Å². The molecule has 3 atom stereocenters. The molecular weight excluding hydrogens is 516 g/mol. The molecule has 0 saturated heterocycles. The number of fused-ring (bicyclic) bond motifs is 3. The van der Waals surface area contributed by atoms with Crippen molar-refractivity contribution in [1.82, 2.24) is 0 Å². The maximum Gasteiger partial charge on any atom is 0.255 e. The Kier molecular flexibility index (Phi) is 6.04. The summed E-state index contributed by atoms with van der Waals surface area (Å²) in [5, 5.41) is 46.0. The van der Waals surface area contributed by atoms with E-state index in [1.807, 2.05) is 0 Å². The number of nitrogens with one attached hydrogen (secondary N) is 1. The molecule has 5 rings (SSSR count). The molecule has 38 heavy (non-hydrogen) atoms. The highest BCUT2D eigenvalue weighted by Crippen LogP contribution is 2.52. The number of allylic oxidation sites excluding steroid dienone is 2. The number of hydrogen-bond acceptors (Lipinski definition) is 8. The molecule has 3 aliphatic carbocycles. The van der Waals surface area contributed by atoms with Crippen molar-refractivity contribution in [2.45, 2.75) is 24.9 Å². The van der Waals surface area contributed by atoms with E-state index in [1.54, 1.807) is 30.3 Å². The highest BCUT2D eigenvalue weighted by molar-refractivity contribution is 6.29. The van der Waals surface area contributed by atoms with Crippen LogP contribution in [0.3, 0.4) is 0 Å². The normalized spacial score (nSPS) is 24.5. The molecule has 0 unspecified atom stereocenters. The van der Waals surface area contributed by atoms with E-state index in [2.05, 4.69) is 5.32 Å². The zero-order valence-electron chi connectivity index (χ0n) is 19.8. The molecule has 2 aromatic rings. The number of carbonyl (C=O) groups is 4. The molecule has 3 aliphatic rings. The summed E-state index contributed by atoms with van der Waals surface area (Å²) in [6.45, 7) is 0. The first kappa shape index (κ1) is 25.5. The van der Waals surface area contributed by atoms with Gasteiger partial charge >= 0.3 is 0 Å². The molecule has 0 bridgehead atoms. The molecule has 7 N–H and O–H groups in total. The number of hydrogen-bond donors (Lipinski definition) is 6. The third kappa shape index (κ3) is 3.67. The van der Waals surface area contributed by atoms with Crippen LogP contribution in [0.25, 0.3) is 11.1 Å². The molecule has 0 heterocycles. The summed E-state index contributed by atoms with van der Waals surface area (Å²) in [6.07, 6.45) is -0.0674. The van der Waals surface area contributed by atoms with Gasteiger partial charge in [-0.2, -0.15) is 0 Å². The standard InChI is InChI=1S/C27H23ClN2O8/c28-10-19(33)30-14-3-1-11(2-4-14)15-5-6-17(31)21-16(15)8-12-7-13-9-18(32)22(26(29)37)25(36)27(13,38)24(35)20(12)23(21)34/h1-6,12-13,31-32,35,38H,7-10H2,(H2,29,37)(H,30,33)/t12-,13+,27+/m1/s1. The van der Waals surface area contributed by atoms with Crippen LogP contribution in [0.5, 0.6) is 5.75 Å². The second-order valence-corrected chi connectivity index (χ2v) is 9.92. The maximum absolute atomic E-state index is 13.7. The Morgan fingerprint density at radius 1 is 1.05 bits per heavy atom. The number of amides is 2. The van der Waals surface area contributed by atoms with Crippen LogP contribution < -0.4 is 11.1 Å². The number of phenols is 1. The minimum absolute atomic E-state index is 0.0431. The van der Waals surface area contributed by atoms with E-state index in [9.17, 15) is 39.6 Å². The first-order chi connectivity index (χ1) is 18.0. The summed E-state index contributed by atoms with van der Waals surface area (Å²) in [5.41, 5.74) is 3.88. The topological polar surface area (TPSA) is 187 Å². The molecule has 0 saturated carbocycles. The summed E-state index contributed by atoms with van der Waals surface area (Å²) in [7, 11) is 0. The van der Waals surface area contributed by atoms with Crippen molar-refractivity contribution in [3.63, 3.8) is 0 Å². The first-order valence-electron chi connectivity index (χ1n) is 11.8. The number of Topliss-reactive ketones (excluding diaryl/α,β-unsaturated/α-hetero) is 2. The van der Waals surface area contributed by atoms with Gasteiger partial charge in [-0.1, -0.05) is 18.2 Å². The number of ketones is 2. The lowest BCUT2D eigenvalue weighted by Crippen LogP contribution is -2.57. The summed E-state index contributed by atoms with van der Waals surface area (Å²) < 4.78 is 0. The van der Waals surface area contributed by atoms with Gasteiger partial charge in [-0.15, -0.1) is 11.6 Å². The Labute approximate surface area is 221 Å². The summed E-state index contributed by atoms with van der Waals surface area (Å²) in [4.78, 5) is 50.0. The molecule has 2 amide bonds. The van der Waals surface area contributed by atoms with Gasteiger partial charge in [0.25, 0.3) is 5.91 Å². The lowest BCUT2D eigenvalue weighted by Gasteiger charge is -2.45. The first-order valence-corrected chi connectivity index (χ1v) is 12.3. The van der Waals surface area contributed by atoms with Crippen LogP contribution in [0.4, 0.5) is 5.69 Å². The van der Waals surface area contributed by atoms with Crippen molar-refractivity contribution in [3.8, 4) is 16.9 Å². The molecule has 0 fully saturated rings. The van der Waals surface area contributed by atoms with Crippen LogP contribution in [0.15, 0.2) is 59.1 Å². The SMILES string of the molecule is NC(=O)C1=C(O)C[C@@H]2C[C@@H]3Cc4c(-c5ccc(NC(=O)CCl)cc5)ccc(O)c4C(=O)C3=C(O)[C@]2(O)C1=O. The fraction of sp³-hybridized carbons (Fsp3) is 0.259. The van der Waals surface area contributed by atoms with E-state index in [4.69, 9.17) is 17.3 Å². The summed E-state index contributed by atoms with van der Waals surface area (Å²) >= 11 is 5.53. The molecule has 11 heteroatoms. The van der Waals surface area contributed by atoms with E-state index in [0.717, 1.165) is 0 Å². The number of aromatic hydroxyl groups is 1. The van der Waals surface area contributed by atoms with Crippen LogP contribution in [-0.2, 0) is 20.8 Å². The Balaban J connectivity index is 1.60. The molecule has 2 aromatic carbocycles. The fourth-order valence-electron chi connectivity index (χ4n) is 5.82. The van der Waals surface area contributed by atoms with Gasteiger partial charge in [0, 0.05) is 23.6 Å². The third-order valence-electron chi connectivity index (χ3n) is 7.55. The van der Waals surface area contributed by atoms with Crippen LogP contribution in [0.2, 0.25) is 0 Å². The van der Waals surface area contributed by atoms with Gasteiger partial charge in [-0.25, -0.2) is 0 Å². The molecule has 0 aliphatic heterocycles. The highest BCUT2D eigenvalue weighted by Gasteiger charge is 2.59. The van der Waals surface area contributed by atoms with Crippen molar-refractivity contribution in [1.29, 1.82) is 0 Å². The van der Waals surface area contributed by atoms with Crippen LogP contribution in [0.1, 0.15) is 28.8 Å². The van der Waals surface area contributed by atoms with Crippen LogP contribution in [-0.4, -0.2) is 55.3 Å². The number of alkyl halides is 1. The number of halogens is 1. The van der Waals surface area contributed by atoms with Gasteiger partial charge in [-0.3, -0.25) is 19.2 Å². The van der Waals surface area contributed by atoms with Gasteiger partial charge in [0.2, 0.25) is 11.7 Å². The lowest BCUT2D eigenvalue weighted by atomic mass is 9.60. The Hall–Kier alpha value is -4.15. The average molecular weight is 539 g/mol. The summed E-state index contributed by atoms with van der Waals surface area (Å²) in [5.74, 6) is -7.28. The Bertz CT molecular complexity index is 1490. The predicted molar refractivity (Wildman–Crippen MR) is 136 cm³/mol. The lowest BCUT2D eigenvalue weighted by molar-refractivity contribution is -0.144. The zero-order chi connectivity index (χ0) is 27.5. The number of primary amides is 1. The van der Waals surface area contributed by atoms with Crippen molar-refractivity contribution < 1.29 is 39.6 Å². The fourth-order valence-corrected chi connectivity index (χ4v) is 5.88. The van der Waals surface area contributed by atoms with Crippen molar-refractivity contribution >= 4 is 40.7 Å². The maximum atomic E-state index is 13.7. The van der Waals surface area contributed by atoms with E-state index in [-0.39, 0.29) is 47.9 Å². The number of anilines is 1. The van der Waals surface area contributed by atoms with Crippen molar-refractivity contribution in [3.05, 3.63) is 70.2 Å². The number of nitrogens with two attached hydrogens (primary N) is 1. The number of benzene rings is 2. The minimum atomic E-state index is -2.61. The number of rotatable bonds is 4. The largest absolute Gasteiger partial charge is 0.511 e. The Morgan fingerprint density at radius 3 is 2.37 bits per heavy atom. The number of aliphatic hydroxyl groups is 3. The number of phenolic OH excluding ortho intramolecular Hbond substituents is 1. The summed E-state index contributed by atoms with van der Waals surface area (Å²) in [6, 6.07) is 9.79. The molecule has 0 spiro atoms. The minimum Gasteiger partial charge on any atom is -0.511 e. The molecule has 10 nitrogen and oxygen atoms in total. The second-order valence-electron chi connectivity index (χ2n) is 9.66. The monoisotopic (exact) mass is 538 g/mol. The van der Waals surface area contributed by atoms with Crippen molar-refractivity contribution in [2.75, 3.05) is 11.2 Å². The molecule has 196 valence electrons. The molecular formula is C27H23ClN2O8. The number of carbonyl (C=O) groups excluding carboxylic acids is 4. The molecule has 0 radical (unpaired) electrons. The van der Waals surface area contributed by atoms with Gasteiger partial charge < -0.3 is 31.5 Å². The molecule has 0 aromatic heterocycles. The zero-order valence-corrected chi connectivity index (χ0v) is 20.6. The van der Waals surface area contributed by atoms with Crippen LogP contribution in [0, 0.1) is 11.8 Å². The Morgan fingerprint density at radius 2 is 1.74 bits per heavy atom. The van der Waals surface area contributed by atoms with Gasteiger partial charge in [0.05, 0.1) is 5.56 Å². The second kappa shape index (κ2) is 9.00. The quantitative estimate of drug-likeness (QED) is 0.253. The van der Waals surface area contributed by atoms with E-state index in [1.165, 1.54) is 6.07 Å². The number of aliphatic hydroxyl groups excluding tert-OH is 2. The smallest absolute Gasteiger partial charge is 0.255 e. The van der Waals surface area contributed by atoms with Gasteiger partial charge in [0.15, 0.2) is 11.4 Å². The van der Waals surface area contributed by atoms with E-state index >= 15 is 0 Å². The predicted octanol–water partition coefficient (Wildman–Crippen LogP) is 2.42. The van der Waals surface area contributed by atoms with Crippen molar-refractivity contribution in [2.24, 2.45) is 17.6 Å². The average Bonchev–Trinajstić information content (AvgIpc) is 2.86. The van der Waals surface area contributed by atoms with Gasteiger partial charge in [0.1, 0.15) is 28.7 Å².